The Morgan fingerprint density at radius 2 is 2.03 bits per heavy atom. The number of aromatic nitrogens is 1. The number of carbonyl (C=O) groups excluding carboxylic acids is 1. The third-order valence-electron chi connectivity index (χ3n) is 5.51. The zero-order valence-electron chi connectivity index (χ0n) is 18.1. The number of carbonyl (C=O) groups is 1. The van der Waals surface area contributed by atoms with Gasteiger partial charge < -0.3 is 9.47 Å². The Balaban J connectivity index is 1.66. The number of halogens is 2. The molecule has 1 saturated heterocycles. The summed E-state index contributed by atoms with van der Waals surface area (Å²) in [4.78, 5) is 22.5. The molecule has 2 aromatic carbocycles. The van der Waals surface area contributed by atoms with Crippen LogP contribution in [0.1, 0.15) is 22.3 Å². The second-order valence-corrected chi connectivity index (χ2v) is 9.47. The standard InChI is InChI=1S/C23H25Cl2N3O3S/c1-15-4-7-19(30-2)20-21(15)32-23(26-20)28(9-3-8-27-10-12-31-13-11-27)22(29)17-14-16(24)5-6-18(17)25/h4-7,14H,3,8-13H2,1-2H3. The number of thiazole rings is 1. The summed E-state index contributed by atoms with van der Waals surface area (Å²) in [5.74, 6) is 0.477. The Bertz CT molecular complexity index is 1120. The Hall–Kier alpha value is -1.90. The van der Waals surface area contributed by atoms with Crippen molar-refractivity contribution in [2.24, 2.45) is 0 Å². The number of amides is 1. The van der Waals surface area contributed by atoms with Crippen LogP contribution in [0.15, 0.2) is 30.3 Å². The van der Waals surface area contributed by atoms with Gasteiger partial charge in [-0.2, -0.15) is 0 Å². The van der Waals surface area contributed by atoms with Gasteiger partial charge in [-0.15, -0.1) is 0 Å². The van der Waals surface area contributed by atoms with Crippen molar-refractivity contribution in [3.05, 3.63) is 51.5 Å². The molecule has 3 aromatic rings. The molecule has 0 N–H and O–H groups in total. The van der Waals surface area contributed by atoms with Gasteiger partial charge in [-0.25, -0.2) is 4.98 Å². The van der Waals surface area contributed by atoms with E-state index < -0.39 is 0 Å². The highest BCUT2D eigenvalue weighted by Crippen LogP contribution is 2.37. The van der Waals surface area contributed by atoms with Crippen molar-refractivity contribution in [2.75, 3.05) is 51.4 Å². The number of hydrogen-bond acceptors (Lipinski definition) is 6. The van der Waals surface area contributed by atoms with Gasteiger partial charge in [-0.1, -0.05) is 40.6 Å². The van der Waals surface area contributed by atoms with Crippen LogP contribution in [0.5, 0.6) is 5.75 Å². The van der Waals surface area contributed by atoms with Crippen molar-refractivity contribution in [3.63, 3.8) is 0 Å². The molecule has 0 aliphatic carbocycles. The number of aryl methyl sites for hydroxylation is 1. The van der Waals surface area contributed by atoms with E-state index in [2.05, 4.69) is 4.90 Å². The molecule has 0 radical (unpaired) electrons. The summed E-state index contributed by atoms with van der Waals surface area (Å²) >= 11 is 14.0. The predicted molar refractivity (Wildman–Crippen MR) is 131 cm³/mol. The maximum Gasteiger partial charge on any atom is 0.261 e. The fourth-order valence-corrected chi connectivity index (χ4v) is 5.19. The van der Waals surface area contributed by atoms with Gasteiger partial charge in [-0.05, 0) is 43.2 Å². The Morgan fingerprint density at radius 3 is 2.78 bits per heavy atom. The van der Waals surface area contributed by atoms with E-state index in [0.717, 1.165) is 55.0 Å². The molecule has 32 heavy (non-hydrogen) atoms. The predicted octanol–water partition coefficient (Wildman–Crippen LogP) is 5.29. The van der Waals surface area contributed by atoms with E-state index in [9.17, 15) is 4.79 Å². The lowest BCUT2D eigenvalue weighted by Crippen LogP contribution is -2.39. The number of ether oxygens (including phenoxy) is 2. The zero-order chi connectivity index (χ0) is 22.7. The van der Waals surface area contributed by atoms with Crippen LogP contribution in [0.3, 0.4) is 0 Å². The second kappa shape index (κ2) is 10.4. The van der Waals surface area contributed by atoms with E-state index in [1.807, 2.05) is 19.1 Å². The van der Waals surface area contributed by atoms with E-state index in [1.165, 1.54) is 11.3 Å². The minimum Gasteiger partial charge on any atom is -0.494 e. The lowest BCUT2D eigenvalue weighted by atomic mass is 10.2. The van der Waals surface area contributed by atoms with Gasteiger partial charge in [0, 0.05) is 31.2 Å². The maximum absolute atomic E-state index is 13.6. The summed E-state index contributed by atoms with van der Waals surface area (Å²) in [6.45, 7) is 6.73. The number of benzene rings is 2. The summed E-state index contributed by atoms with van der Waals surface area (Å²) in [7, 11) is 1.63. The fraction of sp³-hybridized carbons (Fsp3) is 0.391. The molecule has 0 spiro atoms. The number of morpholine rings is 1. The third-order valence-corrected chi connectivity index (χ3v) is 7.29. The number of rotatable bonds is 7. The van der Waals surface area contributed by atoms with Crippen LogP contribution in [0, 0.1) is 6.92 Å². The number of fused-ring (bicyclic) bond motifs is 1. The number of methoxy groups -OCH3 is 1. The van der Waals surface area contributed by atoms with Crippen molar-refractivity contribution in [3.8, 4) is 5.75 Å². The number of anilines is 1. The van der Waals surface area contributed by atoms with Crippen molar-refractivity contribution < 1.29 is 14.3 Å². The molecule has 4 rings (SSSR count). The lowest BCUT2D eigenvalue weighted by molar-refractivity contribution is 0.0376. The average molecular weight is 494 g/mol. The molecule has 1 fully saturated rings. The van der Waals surface area contributed by atoms with Gasteiger partial charge in [0.05, 0.1) is 35.6 Å². The molecule has 1 aromatic heterocycles. The highest BCUT2D eigenvalue weighted by Gasteiger charge is 2.25. The summed E-state index contributed by atoms with van der Waals surface area (Å²) in [5, 5.41) is 1.45. The van der Waals surface area contributed by atoms with Crippen LogP contribution in [0.4, 0.5) is 5.13 Å². The molecular weight excluding hydrogens is 469 g/mol. The van der Waals surface area contributed by atoms with Gasteiger partial charge in [0.25, 0.3) is 5.91 Å². The van der Waals surface area contributed by atoms with E-state index in [4.69, 9.17) is 37.7 Å². The molecule has 0 unspecified atom stereocenters. The highest BCUT2D eigenvalue weighted by atomic mass is 35.5. The topological polar surface area (TPSA) is 54.9 Å². The van der Waals surface area contributed by atoms with Crippen LogP contribution in [-0.4, -0.2) is 62.3 Å². The molecule has 0 saturated carbocycles. The van der Waals surface area contributed by atoms with Crippen molar-refractivity contribution in [1.82, 2.24) is 9.88 Å². The minimum absolute atomic E-state index is 0.213. The fourth-order valence-electron chi connectivity index (χ4n) is 3.75. The summed E-state index contributed by atoms with van der Waals surface area (Å²) in [6.07, 6.45) is 0.802. The van der Waals surface area contributed by atoms with E-state index >= 15 is 0 Å². The zero-order valence-corrected chi connectivity index (χ0v) is 20.4. The molecule has 0 atom stereocenters. The normalized spacial score (nSPS) is 14.6. The molecule has 1 amide bonds. The molecule has 0 bridgehead atoms. The van der Waals surface area contributed by atoms with Crippen LogP contribution >= 0.6 is 34.5 Å². The SMILES string of the molecule is COc1ccc(C)c2sc(N(CCCN3CCOCC3)C(=O)c3cc(Cl)ccc3Cl)nc12. The van der Waals surface area contributed by atoms with Crippen molar-refractivity contribution in [1.29, 1.82) is 0 Å². The number of hydrogen-bond donors (Lipinski definition) is 0. The summed E-state index contributed by atoms with van der Waals surface area (Å²) in [6, 6.07) is 8.84. The summed E-state index contributed by atoms with van der Waals surface area (Å²) < 4.78 is 11.9. The maximum atomic E-state index is 13.6. The van der Waals surface area contributed by atoms with Gasteiger partial charge in [0.1, 0.15) is 11.3 Å². The van der Waals surface area contributed by atoms with Crippen molar-refractivity contribution in [2.45, 2.75) is 13.3 Å². The first-order valence-corrected chi connectivity index (χ1v) is 12.1. The van der Waals surface area contributed by atoms with Gasteiger partial charge in [0.2, 0.25) is 0 Å². The van der Waals surface area contributed by atoms with E-state index in [0.29, 0.717) is 33.0 Å². The molecule has 2 heterocycles. The Labute approximate surface area is 201 Å². The molecular formula is C23H25Cl2N3O3S. The minimum atomic E-state index is -0.213. The Kier molecular flexibility index (Phi) is 7.53. The van der Waals surface area contributed by atoms with Crippen LogP contribution in [0.2, 0.25) is 10.0 Å². The molecule has 1 aliphatic rings. The van der Waals surface area contributed by atoms with Gasteiger partial charge >= 0.3 is 0 Å². The quantitative estimate of drug-likeness (QED) is 0.447. The summed E-state index contributed by atoms with van der Waals surface area (Å²) in [5.41, 5.74) is 2.22. The Morgan fingerprint density at radius 1 is 1.25 bits per heavy atom. The van der Waals surface area contributed by atoms with Gasteiger partial charge in [0.15, 0.2) is 5.13 Å². The molecule has 6 nitrogen and oxygen atoms in total. The lowest BCUT2D eigenvalue weighted by Gasteiger charge is -2.27. The first-order valence-electron chi connectivity index (χ1n) is 10.5. The molecule has 9 heteroatoms. The third kappa shape index (κ3) is 5.02. The first kappa shape index (κ1) is 23.3. The largest absolute Gasteiger partial charge is 0.494 e. The smallest absolute Gasteiger partial charge is 0.261 e. The monoisotopic (exact) mass is 493 g/mol. The van der Waals surface area contributed by atoms with Crippen molar-refractivity contribution >= 4 is 55.8 Å². The average Bonchev–Trinajstić information content (AvgIpc) is 3.25. The first-order chi connectivity index (χ1) is 15.5. The second-order valence-electron chi connectivity index (χ2n) is 7.65. The number of nitrogens with zero attached hydrogens (tertiary/aromatic N) is 3. The molecule has 170 valence electrons. The highest BCUT2D eigenvalue weighted by molar-refractivity contribution is 7.22. The van der Waals surface area contributed by atoms with E-state index in [1.54, 1.807) is 30.2 Å². The van der Waals surface area contributed by atoms with Gasteiger partial charge in [-0.3, -0.25) is 14.6 Å². The van der Waals surface area contributed by atoms with E-state index in [-0.39, 0.29) is 5.91 Å². The van der Waals surface area contributed by atoms with Crippen LogP contribution in [0.25, 0.3) is 10.2 Å². The van der Waals surface area contributed by atoms with Crippen LogP contribution < -0.4 is 9.64 Å². The molecule has 1 aliphatic heterocycles. The van der Waals surface area contributed by atoms with Crippen LogP contribution in [-0.2, 0) is 4.74 Å².